The number of rotatable bonds is 9. The van der Waals surface area contributed by atoms with Gasteiger partial charge < -0.3 is 10.2 Å². The molecule has 1 aromatic carbocycles. The van der Waals surface area contributed by atoms with Gasteiger partial charge >= 0.3 is 0 Å². The van der Waals surface area contributed by atoms with Gasteiger partial charge in [0.15, 0.2) is 0 Å². The molecule has 1 unspecified atom stereocenters. The molecule has 0 spiro atoms. The Bertz CT molecular complexity index is 424. The molecule has 21 heavy (non-hydrogen) atoms. The zero-order chi connectivity index (χ0) is 15.1. The maximum atomic E-state index is 3.68. The zero-order valence-electron chi connectivity index (χ0n) is 14.1. The van der Waals surface area contributed by atoms with Gasteiger partial charge in [-0.3, -0.25) is 0 Å². The highest BCUT2D eigenvalue weighted by atomic mass is 15.1. The molecule has 0 amide bonds. The van der Waals surface area contributed by atoms with Gasteiger partial charge in [0.05, 0.1) is 0 Å². The minimum absolute atomic E-state index is 0.607. The van der Waals surface area contributed by atoms with Gasteiger partial charge in [-0.15, -0.1) is 0 Å². The summed E-state index contributed by atoms with van der Waals surface area (Å²) in [6.45, 7) is 11.3. The Balaban J connectivity index is 1.92. The Morgan fingerprint density at radius 2 is 1.86 bits per heavy atom. The summed E-state index contributed by atoms with van der Waals surface area (Å²) < 4.78 is 0. The van der Waals surface area contributed by atoms with Crippen molar-refractivity contribution in [2.45, 2.75) is 58.9 Å². The van der Waals surface area contributed by atoms with E-state index >= 15 is 0 Å². The molecular formula is C19H32N2. The second-order valence-corrected chi connectivity index (χ2v) is 6.23. The topological polar surface area (TPSA) is 15.3 Å². The third-order valence-electron chi connectivity index (χ3n) is 4.83. The summed E-state index contributed by atoms with van der Waals surface area (Å²) in [5, 5.41) is 3.68. The Kier molecular flexibility index (Phi) is 6.72. The van der Waals surface area contributed by atoms with Crippen LogP contribution in [0.2, 0.25) is 0 Å². The summed E-state index contributed by atoms with van der Waals surface area (Å²) in [5.41, 5.74) is 4.70. The van der Waals surface area contributed by atoms with E-state index in [0.717, 1.165) is 19.6 Å². The fraction of sp³-hybridized carbons (Fsp3) is 0.684. The molecular weight excluding hydrogens is 256 g/mol. The molecule has 0 heterocycles. The van der Waals surface area contributed by atoms with Crippen LogP contribution < -0.4 is 5.32 Å². The normalized spacial score (nSPS) is 15.4. The van der Waals surface area contributed by atoms with Crippen molar-refractivity contribution in [2.24, 2.45) is 0 Å². The van der Waals surface area contributed by atoms with Gasteiger partial charge in [0.25, 0.3) is 0 Å². The zero-order valence-corrected chi connectivity index (χ0v) is 14.1. The first kappa shape index (κ1) is 16.5. The number of likely N-dealkylation sites (N-methyl/N-ethyl adjacent to an activating group) is 1. The molecule has 2 heteroatoms. The third kappa shape index (κ3) is 4.82. The van der Waals surface area contributed by atoms with Crippen LogP contribution in [0.5, 0.6) is 0 Å². The van der Waals surface area contributed by atoms with Gasteiger partial charge in [-0.25, -0.2) is 0 Å². The Morgan fingerprint density at radius 1 is 1.10 bits per heavy atom. The summed E-state index contributed by atoms with van der Waals surface area (Å²) in [6, 6.07) is 7.79. The molecule has 0 saturated carbocycles. The molecule has 1 aromatic rings. The van der Waals surface area contributed by atoms with E-state index in [1.54, 1.807) is 11.1 Å². The van der Waals surface area contributed by atoms with Crippen LogP contribution in [-0.4, -0.2) is 37.1 Å². The van der Waals surface area contributed by atoms with Gasteiger partial charge in [0.1, 0.15) is 0 Å². The highest BCUT2D eigenvalue weighted by molar-refractivity contribution is 5.35. The van der Waals surface area contributed by atoms with Crippen LogP contribution in [0.3, 0.4) is 0 Å². The van der Waals surface area contributed by atoms with E-state index in [1.165, 1.54) is 44.2 Å². The molecule has 0 radical (unpaired) electrons. The monoisotopic (exact) mass is 288 g/mol. The van der Waals surface area contributed by atoms with Crippen LogP contribution in [0.1, 0.15) is 50.3 Å². The first-order valence-corrected chi connectivity index (χ1v) is 8.83. The predicted molar refractivity (Wildman–Crippen MR) is 92.0 cm³/mol. The van der Waals surface area contributed by atoms with E-state index in [4.69, 9.17) is 0 Å². The van der Waals surface area contributed by atoms with E-state index in [2.05, 4.69) is 49.2 Å². The molecule has 2 nitrogen and oxygen atoms in total. The molecule has 1 N–H and O–H groups in total. The Labute approximate surface area is 130 Å². The first-order chi connectivity index (χ1) is 10.3. The fourth-order valence-corrected chi connectivity index (χ4v) is 3.48. The van der Waals surface area contributed by atoms with Crippen molar-refractivity contribution in [2.75, 3.05) is 26.2 Å². The van der Waals surface area contributed by atoms with Gasteiger partial charge in [-0.1, -0.05) is 39.0 Å². The second kappa shape index (κ2) is 8.55. The van der Waals surface area contributed by atoms with Crippen molar-refractivity contribution in [1.82, 2.24) is 10.2 Å². The lowest BCUT2D eigenvalue weighted by Crippen LogP contribution is -2.35. The fourth-order valence-electron chi connectivity index (χ4n) is 3.48. The predicted octanol–water partition coefficient (Wildman–Crippen LogP) is 3.43. The first-order valence-electron chi connectivity index (χ1n) is 8.83. The largest absolute Gasteiger partial charge is 0.314 e. The highest BCUT2D eigenvalue weighted by Gasteiger charge is 2.14. The molecule has 0 saturated heterocycles. The van der Waals surface area contributed by atoms with Crippen molar-refractivity contribution in [3.05, 3.63) is 34.9 Å². The molecule has 1 atom stereocenters. The van der Waals surface area contributed by atoms with Crippen LogP contribution in [0.4, 0.5) is 0 Å². The van der Waals surface area contributed by atoms with Gasteiger partial charge in [-0.2, -0.15) is 0 Å². The summed E-state index contributed by atoms with van der Waals surface area (Å²) >= 11 is 0. The van der Waals surface area contributed by atoms with Crippen LogP contribution in [0.25, 0.3) is 0 Å². The summed E-state index contributed by atoms with van der Waals surface area (Å²) in [5.74, 6) is 0. The van der Waals surface area contributed by atoms with Gasteiger partial charge in [0, 0.05) is 6.04 Å². The molecule has 1 aliphatic carbocycles. The van der Waals surface area contributed by atoms with E-state index in [-0.39, 0.29) is 0 Å². The van der Waals surface area contributed by atoms with Crippen molar-refractivity contribution < 1.29 is 0 Å². The number of nitrogens with zero attached hydrogens (tertiary/aromatic N) is 1. The number of hydrogen-bond acceptors (Lipinski definition) is 2. The van der Waals surface area contributed by atoms with Gasteiger partial charge in [0.2, 0.25) is 0 Å². The molecule has 0 aromatic heterocycles. The smallest absolute Gasteiger partial charge is 0.0119 e. The average Bonchev–Trinajstić information content (AvgIpc) is 2.96. The molecule has 1 aliphatic rings. The summed E-state index contributed by atoms with van der Waals surface area (Å²) in [6.07, 6.45) is 6.33. The standard InChI is InChI=1S/C19H32N2/c1-4-20-19(12-13-21(5-2)6-3)15-16-10-11-17-8-7-9-18(17)14-16/h10-11,14,19-20H,4-9,12-13,15H2,1-3H3. The van der Waals surface area contributed by atoms with Crippen LogP contribution in [0, 0.1) is 0 Å². The maximum Gasteiger partial charge on any atom is 0.0119 e. The lowest BCUT2D eigenvalue weighted by Gasteiger charge is -2.23. The lowest BCUT2D eigenvalue weighted by molar-refractivity contribution is 0.281. The molecule has 0 fully saturated rings. The maximum absolute atomic E-state index is 3.68. The van der Waals surface area contributed by atoms with Crippen molar-refractivity contribution >= 4 is 0 Å². The second-order valence-electron chi connectivity index (χ2n) is 6.23. The molecule has 2 rings (SSSR count). The number of benzene rings is 1. The summed E-state index contributed by atoms with van der Waals surface area (Å²) in [4.78, 5) is 2.52. The minimum atomic E-state index is 0.607. The van der Waals surface area contributed by atoms with E-state index < -0.39 is 0 Å². The number of aryl methyl sites for hydroxylation is 2. The number of hydrogen-bond donors (Lipinski definition) is 1. The molecule has 0 aliphatic heterocycles. The van der Waals surface area contributed by atoms with E-state index in [0.29, 0.717) is 6.04 Å². The summed E-state index contributed by atoms with van der Waals surface area (Å²) in [7, 11) is 0. The SMILES string of the molecule is CCNC(CCN(CC)CC)Cc1ccc2c(c1)CCC2. The molecule has 118 valence electrons. The van der Waals surface area contributed by atoms with Crippen molar-refractivity contribution in [3.8, 4) is 0 Å². The number of nitrogens with one attached hydrogen (secondary N) is 1. The lowest BCUT2D eigenvalue weighted by atomic mass is 9.99. The minimum Gasteiger partial charge on any atom is -0.314 e. The number of fused-ring (bicyclic) bond motifs is 1. The van der Waals surface area contributed by atoms with Crippen LogP contribution >= 0.6 is 0 Å². The van der Waals surface area contributed by atoms with Crippen LogP contribution in [-0.2, 0) is 19.3 Å². The van der Waals surface area contributed by atoms with Crippen LogP contribution in [0.15, 0.2) is 18.2 Å². The van der Waals surface area contributed by atoms with Crippen molar-refractivity contribution in [3.63, 3.8) is 0 Å². The average molecular weight is 288 g/mol. The Morgan fingerprint density at radius 3 is 2.57 bits per heavy atom. The third-order valence-corrected chi connectivity index (χ3v) is 4.83. The Hall–Kier alpha value is -0.860. The quantitative estimate of drug-likeness (QED) is 0.749. The van der Waals surface area contributed by atoms with Crippen molar-refractivity contribution in [1.29, 1.82) is 0 Å². The van der Waals surface area contributed by atoms with E-state index in [9.17, 15) is 0 Å². The van der Waals surface area contributed by atoms with E-state index in [1.807, 2.05) is 0 Å². The highest BCUT2D eigenvalue weighted by Crippen LogP contribution is 2.23. The molecule has 0 bridgehead atoms. The van der Waals surface area contributed by atoms with Gasteiger partial charge in [-0.05, 0) is 75.0 Å².